The van der Waals surface area contributed by atoms with Crippen molar-refractivity contribution < 1.29 is 14.4 Å². The molecule has 4 aromatic rings. The van der Waals surface area contributed by atoms with Gasteiger partial charge in [-0.05, 0) is 87.3 Å². The van der Waals surface area contributed by atoms with Gasteiger partial charge in [0.25, 0.3) is 5.56 Å². The maximum Gasteiger partial charge on any atom is 0.263 e. The van der Waals surface area contributed by atoms with E-state index in [0.29, 0.717) is 41.7 Å². The number of carbonyl (C=O) groups excluding carboxylic acids is 3. The second-order valence-electron chi connectivity index (χ2n) is 15.4. The number of anilines is 4. The molecule has 0 spiro atoms. The number of amides is 2. The van der Waals surface area contributed by atoms with E-state index < -0.39 is 0 Å². The summed E-state index contributed by atoms with van der Waals surface area (Å²) in [4.78, 5) is 71.5. The molecule has 8 rings (SSSR count). The van der Waals surface area contributed by atoms with Crippen LogP contribution in [-0.4, -0.2) is 87.8 Å². The molecule has 13 nitrogen and oxygen atoms in total. The Balaban J connectivity index is 0.843. The lowest BCUT2D eigenvalue weighted by molar-refractivity contribution is -0.134. The zero-order valence-corrected chi connectivity index (χ0v) is 31.2. The number of nitrogens with one attached hydrogen (secondary N) is 2. The second-order valence-corrected chi connectivity index (χ2v) is 15.4. The molecule has 1 aliphatic carbocycles. The summed E-state index contributed by atoms with van der Waals surface area (Å²) in [5, 5.41) is 6.45. The summed E-state index contributed by atoms with van der Waals surface area (Å²) in [5.41, 5.74) is 4.38. The van der Waals surface area contributed by atoms with Crippen LogP contribution in [0.4, 0.5) is 23.1 Å². The molecule has 3 aromatic heterocycles. The number of hydrogen-bond donors (Lipinski definition) is 2. The highest BCUT2D eigenvalue weighted by Gasteiger charge is 2.30. The average molecular weight is 732 g/mol. The minimum atomic E-state index is -0.261. The zero-order chi connectivity index (χ0) is 37.3. The molecular formula is C41H49N9O4. The first kappa shape index (κ1) is 35.8. The van der Waals surface area contributed by atoms with Gasteiger partial charge in [0.1, 0.15) is 11.5 Å². The minimum absolute atomic E-state index is 0.0247. The van der Waals surface area contributed by atoms with Crippen molar-refractivity contribution in [2.75, 3.05) is 60.9 Å². The van der Waals surface area contributed by atoms with E-state index in [0.717, 1.165) is 107 Å². The Bertz CT molecular complexity index is 2110. The van der Waals surface area contributed by atoms with Gasteiger partial charge in [-0.2, -0.15) is 4.98 Å². The van der Waals surface area contributed by atoms with Gasteiger partial charge in [0.15, 0.2) is 5.78 Å². The molecule has 4 fully saturated rings. The van der Waals surface area contributed by atoms with Crippen LogP contribution in [0.15, 0.2) is 53.6 Å². The number of carbonyl (C=O) groups is 3. The van der Waals surface area contributed by atoms with Crippen LogP contribution in [0, 0.1) is 12.8 Å². The van der Waals surface area contributed by atoms with Crippen LogP contribution in [0.5, 0.6) is 0 Å². The number of piperidine rings is 2. The summed E-state index contributed by atoms with van der Waals surface area (Å²) >= 11 is 0. The summed E-state index contributed by atoms with van der Waals surface area (Å²) in [6.45, 7) is 10.3. The molecule has 2 N–H and O–H groups in total. The van der Waals surface area contributed by atoms with E-state index in [1.165, 1.54) is 6.92 Å². The van der Waals surface area contributed by atoms with Crippen LogP contribution < -0.4 is 26.0 Å². The van der Waals surface area contributed by atoms with E-state index in [1.54, 1.807) is 17.7 Å². The van der Waals surface area contributed by atoms with Crippen molar-refractivity contribution in [2.24, 2.45) is 5.92 Å². The molecule has 4 aliphatic rings. The topological polar surface area (TPSA) is 146 Å². The van der Waals surface area contributed by atoms with Gasteiger partial charge in [-0.3, -0.25) is 34.0 Å². The van der Waals surface area contributed by atoms with Crippen molar-refractivity contribution in [3.05, 3.63) is 75.8 Å². The number of Topliss-reactive ketones (excluding diaryl/α,β-unsaturated/α-hetero) is 1. The molecule has 1 unspecified atom stereocenters. The van der Waals surface area contributed by atoms with Gasteiger partial charge in [0.05, 0.1) is 23.4 Å². The fraction of sp³-hybridized carbons (Fsp3) is 0.488. The number of ketones is 1. The van der Waals surface area contributed by atoms with Crippen LogP contribution in [0.2, 0.25) is 0 Å². The molecule has 282 valence electrons. The Morgan fingerprint density at radius 1 is 0.870 bits per heavy atom. The van der Waals surface area contributed by atoms with Crippen LogP contribution in [0.1, 0.15) is 91.7 Å². The van der Waals surface area contributed by atoms with Crippen LogP contribution in [0.3, 0.4) is 0 Å². The highest BCUT2D eigenvalue weighted by atomic mass is 16.2. The summed E-state index contributed by atoms with van der Waals surface area (Å²) in [6.07, 6.45) is 10.7. The summed E-state index contributed by atoms with van der Waals surface area (Å²) in [5.74, 6) is 0.784. The van der Waals surface area contributed by atoms with Crippen molar-refractivity contribution in [3.8, 4) is 0 Å². The zero-order valence-electron chi connectivity index (χ0n) is 31.2. The Hall–Kier alpha value is -5.17. The number of hydrogen-bond acceptors (Lipinski definition) is 11. The number of aromatic nitrogens is 4. The first-order valence-electron chi connectivity index (χ1n) is 19.5. The number of nitrogens with zero attached hydrogens (tertiary/aromatic N) is 7. The number of pyridine rings is 2. The SMILES string of the molecule is CC(=O)c1c(C)c2cnc(Nc3ccc(N4CCC(CN5CCN(c6cccc(C7CCC(=O)NC7=O)c6)CC5)CC4)cn3)nc2n(C2CCCC2)c1=O. The monoisotopic (exact) mass is 731 g/mol. The fourth-order valence-corrected chi connectivity index (χ4v) is 8.95. The maximum absolute atomic E-state index is 13.6. The lowest BCUT2D eigenvalue weighted by Gasteiger charge is -2.40. The molecule has 3 aliphatic heterocycles. The molecule has 1 atom stereocenters. The third kappa shape index (κ3) is 7.33. The Morgan fingerprint density at radius 2 is 1.63 bits per heavy atom. The molecule has 0 bridgehead atoms. The van der Waals surface area contributed by atoms with E-state index in [1.807, 2.05) is 24.4 Å². The van der Waals surface area contributed by atoms with Gasteiger partial charge in [-0.25, -0.2) is 9.97 Å². The highest BCUT2D eigenvalue weighted by Crippen LogP contribution is 2.33. The molecule has 2 amide bonds. The highest BCUT2D eigenvalue weighted by molar-refractivity contribution is 6.01. The largest absolute Gasteiger partial charge is 0.370 e. The lowest BCUT2D eigenvalue weighted by Crippen LogP contribution is -2.49. The van der Waals surface area contributed by atoms with Crippen molar-refractivity contribution >= 4 is 51.8 Å². The van der Waals surface area contributed by atoms with Crippen LogP contribution >= 0.6 is 0 Å². The molecule has 13 heteroatoms. The average Bonchev–Trinajstić information content (AvgIpc) is 3.70. The van der Waals surface area contributed by atoms with Gasteiger partial charge in [-0.15, -0.1) is 0 Å². The number of imide groups is 1. The van der Waals surface area contributed by atoms with Gasteiger partial charge in [-0.1, -0.05) is 25.0 Å². The van der Waals surface area contributed by atoms with Crippen molar-refractivity contribution in [3.63, 3.8) is 0 Å². The molecule has 3 saturated heterocycles. The quantitative estimate of drug-likeness (QED) is 0.175. The van der Waals surface area contributed by atoms with Crippen molar-refractivity contribution in [1.82, 2.24) is 29.7 Å². The first-order chi connectivity index (χ1) is 26.2. The smallest absolute Gasteiger partial charge is 0.263 e. The molecule has 0 radical (unpaired) electrons. The standard InChI is InChI=1S/C41H49N9O4/c1-26-34-24-43-41(46-38(34)50(30-7-3-4-8-30)40(54)37(26)27(2)51)44-35-12-10-32(23-42-35)48-16-14-28(15-17-48)25-47-18-20-49(21-19-47)31-9-5-6-29(22-31)33-11-13-36(52)45-39(33)53/h5-6,9-10,12,22-24,28,30,33H,3-4,7-8,11,13-21,25H2,1-2H3,(H,45,52,53)(H,42,43,44,46). The third-order valence-corrected chi connectivity index (χ3v) is 12.0. The normalized spacial score (nSPS) is 20.4. The Morgan fingerprint density at radius 3 is 2.33 bits per heavy atom. The Kier molecular flexibility index (Phi) is 10.1. The summed E-state index contributed by atoms with van der Waals surface area (Å²) in [6, 6.07) is 12.3. The van der Waals surface area contributed by atoms with E-state index in [2.05, 4.69) is 48.5 Å². The number of fused-ring (bicyclic) bond motifs is 1. The summed E-state index contributed by atoms with van der Waals surface area (Å²) < 4.78 is 1.73. The minimum Gasteiger partial charge on any atom is -0.370 e. The van der Waals surface area contributed by atoms with Gasteiger partial charge < -0.3 is 15.1 Å². The first-order valence-corrected chi connectivity index (χ1v) is 19.5. The van der Waals surface area contributed by atoms with E-state index in [4.69, 9.17) is 9.97 Å². The fourth-order valence-electron chi connectivity index (χ4n) is 8.95. The predicted octanol–water partition coefficient (Wildman–Crippen LogP) is 5.12. The third-order valence-electron chi connectivity index (χ3n) is 12.0. The number of piperazine rings is 1. The summed E-state index contributed by atoms with van der Waals surface area (Å²) in [7, 11) is 0. The van der Waals surface area contributed by atoms with Gasteiger partial charge >= 0.3 is 0 Å². The van der Waals surface area contributed by atoms with Crippen molar-refractivity contribution in [2.45, 2.75) is 77.2 Å². The van der Waals surface area contributed by atoms with Gasteiger partial charge in [0, 0.05) is 75.5 Å². The Labute approximate surface area is 315 Å². The lowest BCUT2D eigenvalue weighted by atomic mass is 9.90. The van der Waals surface area contributed by atoms with E-state index in [-0.39, 0.29) is 40.7 Å². The second kappa shape index (κ2) is 15.3. The van der Waals surface area contributed by atoms with Crippen LogP contribution in [-0.2, 0) is 9.59 Å². The van der Waals surface area contributed by atoms with E-state index >= 15 is 0 Å². The molecule has 6 heterocycles. The van der Waals surface area contributed by atoms with E-state index in [9.17, 15) is 19.2 Å². The molecule has 54 heavy (non-hydrogen) atoms. The van der Waals surface area contributed by atoms with Crippen LogP contribution in [0.25, 0.3) is 11.0 Å². The number of aryl methyl sites for hydroxylation is 1. The van der Waals surface area contributed by atoms with Crippen molar-refractivity contribution in [1.29, 1.82) is 0 Å². The molecule has 1 aromatic carbocycles. The predicted molar refractivity (Wildman–Crippen MR) is 209 cm³/mol. The number of rotatable bonds is 9. The maximum atomic E-state index is 13.6. The number of benzene rings is 1. The molecular weight excluding hydrogens is 683 g/mol. The molecule has 1 saturated carbocycles. The van der Waals surface area contributed by atoms with Gasteiger partial charge in [0.2, 0.25) is 17.8 Å².